The summed E-state index contributed by atoms with van der Waals surface area (Å²) < 4.78 is 56.8. The molecule has 0 radical (unpaired) electrons. The molecule has 0 saturated carbocycles. The molecular weight excluding hydrogens is 688 g/mol. The molecule has 17 nitrogen and oxygen atoms in total. The molecule has 2 fully saturated rings. The lowest BCUT2D eigenvalue weighted by molar-refractivity contribution is -0.341. The normalized spacial score (nSPS) is 29.0. The van der Waals surface area contributed by atoms with Crippen molar-refractivity contribution in [2.75, 3.05) is 13.2 Å². The van der Waals surface area contributed by atoms with E-state index in [0.717, 1.165) is 60.2 Å². The number of esters is 7. The standard InChI is InChI=1S/C32H40O17S/c1-15(33)40-13-23-25(42-17(3)35)27(43-18(4)36)29(45-20(6)38)31(47-23)49-26-24(14-41-16(2)34)48-32(50-22-11-9-8-10-12-22)30(46-21(7)39)28(26)44-19(5)37/h8-12,23-32H,13-14H2,1-7H3/t23-,24+,25+,26-,27+,28-,29+,30-,31+,32-/m1/s1. The Bertz CT molecular complexity index is 1390. The van der Waals surface area contributed by atoms with Crippen LogP contribution < -0.4 is 0 Å². The highest BCUT2D eigenvalue weighted by atomic mass is 32.2. The summed E-state index contributed by atoms with van der Waals surface area (Å²) in [5.41, 5.74) is -1.05. The first-order chi connectivity index (χ1) is 23.5. The highest BCUT2D eigenvalue weighted by Crippen LogP contribution is 2.39. The molecule has 0 aliphatic carbocycles. The van der Waals surface area contributed by atoms with Gasteiger partial charge in [0.25, 0.3) is 0 Å². The van der Waals surface area contributed by atoms with Gasteiger partial charge in [-0.25, -0.2) is 0 Å². The molecule has 0 spiro atoms. The largest absolute Gasteiger partial charge is 0.463 e. The summed E-state index contributed by atoms with van der Waals surface area (Å²) in [6, 6.07) is 8.85. The van der Waals surface area contributed by atoms with Crippen LogP contribution in [0.2, 0.25) is 0 Å². The molecule has 0 N–H and O–H groups in total. The molecule has 2 aliphatic heterocycles. The second-order valence-electron chi connectivity index (χ2n) is 11.1. The Morgan fingerprint density at radius 1 is 0.520 bits per heavy atom. The van der Waals surface area contributed by atoms with Crippen molar-refractivity contribution >= 4 is 53.5 Å². The average Bonchev–Trinajstić information content (AvgIpc) is 3.00. The number of carbonyl (C=O) groups is 7. The van der Waals surface area contributed by atoms with Crippen LogP contribution in [0.25, 0.3) is 0 Å². The third kappa shape index (κ3) is 12.0. The Morgan fingerprint density at radius 2 is 0.940 bits per heavy atom. The van der Waals surface area contributed by atoms with E-state index in [2.05, 4.69) is 0 Å². The zero-order chi connectivity index (χ0) is 37.1. The summed E-state index contributed by atoms with van der Waals surface area (Å²) in [6.45, 7) is 6.66. The van der Waals surface area contributed by atoms with Crippen LogP contribution in [-0.2, 0) is 80.9 Å². The van der Waals surface area contributed by atoms with Gasteiger partial charge in [0.15, 0.2) is 36.8 Å². The number of thioether (sulfide) groups is 1. The maximum atomic E-state index is 12.5. The van der Waals surface area contributed by atoms with Gasteiger partial charge in [0, 0.05) is 53.4 Å². The van der Waals surface area contributed by atoms with Gasteiger partial charge in [0.1, 0.15) is 37.0 Å². The zero-order valence-electron chi connectivity index (χ0n) is 28.4. The molecule has 0 unspecified atom stereocenters. The predicted octanol–water partition coefficient (Wildman–Crippen LogP) is 1.40. The van der Waals surface area contributed by atoms with Gasteiger partial charge in [0.2, 0.25) is 0 Å². The van der Waals surface area contributed by atoms with Crippen molar-refractivity contribution in [3.8, 4) is 0 Å². The molecule has 1 aromatic rings. The van der Waals surface area contributed by atoms with Gasteiger partial charge < -0.3 is 47.4 Å². The Morgan fingerprint density at radius 3 is 1.42 bits per heavy atom. The first kappa shape index (κ1) is 40.2. The van der Waals surface area contributed by atoms with Gasteiger partial charge >= 0.3 is 41.8 Å². The lowest BCUT2D eigenvalue weighted by Crippen LogP contribution is -2.66. The van der Waals surface area contributed by atoms with E-state index in [1.54, 1.807) is 30.3 Å². The minimum Gasteiger partial charge on any atom is -0.463 e. The van der Waals surface area contributed by atoms with E-state index < -0.39 is 116 Å². The quantitative estimate of drug-likeness (QED) is 0.207. The van der Waals surface area contributed by atoms with Crippen LogP contribution in [-0.4, -0.2) is 116 Å². The fourth-order valence-electron chi connectivity index (χ4n) is 5.20. The molecule has 0 aromatic heterocycles. The number of hydrogen-bond donors (Lipinski definition) is 0. The Hall–Kier alpha value is -4.26. The highest BCUT2D eigenvalue weighted by Gasteiger charge is 2.57. The number of rotatable bonds is 13. The van der Waals surface area contributed by atoms with Gasteiger partial charge in [-0.15, -0.1) is 0 Å². The molecule has 2 heterocycles. The van der Waals surface area contributed by atoms with Crippen LogP contribution in [0.5, 0.6) is 0 Å². The van der Waals surface area contributed by atoms with Crippen molar-refractivity contribution in [3.05, 3.63) is 30.3 Å². The third-order valence-corrected chi connectivity index (χ3v) is 8.04. The molecule has 10 atom stereocenters. The maximum absolute atomic E-state index is 12.5. The molecule has 50 heavy (non-hydrogen) atoms. The fraction of sp³-hybridized carbons (Fsp3) is 0.594. The predicted molar refractivity (Wildman–Crippen MR) is 166 cm³/mol. The summed E-state index contributed by atoms with van der Waals surface area (Å²) in [7, 11) is 0. The number of carbonyl (C=O) groups excluding carboxylic acids is 7. The molecule has 3 rings (SSSR count). The molecule has 276 valence electrons. The Labute approximate surface area is 291 Å². The number of benzene rings is 1. The van der Waals surface area contributed by atoms with Gasteiger partial charge in [-0.3, -0.25) is 33.6 Å². The lowest BCUT2D eigenvalue weighted by Gasteiger charge is -2.48. The average molecular weight is 729 g/mol. The monoisotopic (exact) mass is 728 g/mol. The van der Waals surface area contributed by atoms with E-state index in [0.29, 0.717) is 4.90 Å². The van der Waals surface area contributed by atoms with E-state index >= 15 is 0 Å². The van der Waals surface area contributed by atoms with Crippen molar-refractivity contribution in [2.45, 2.75) is 114 Å². The third-order valence-electron chi connectivity index (χ3n) is 6.88. The molecular formula is C32H40O17S. The Balaban J connectivity index is 2.16. The summed E-state index contributed by atoms with van der Waals surface area (Å²) in [6.07, 6.45) is -13.4. The summed E-state index contributed by atoms with van der Waals surface area (Å²) in [5.74, 6) is -5.63. The van der Waals surface area contributed by atoms with Gasteiger partial charge in [-0.05, 0) is 12.1 Å². The molecule has 18 heteroatoms. The number of hydrogen-bond acceptors (Lipinski definition) is 18. The second-order valence-corrected chi connectivity index (χ2v) is 12.3. The minimum atomic E-state index is -1.75. The van der Waals surface area contributed by atoms with Crippen molar-refractivity contribution in [2.24, 2.45) is 0 Å². The SMILES string of the molecule is CC(=O)OC[C@@H]1O[C@H](Sc2ccccc2)[C@H](OC(C)=O)[C@H](OC(C)=O)[C@@H]1O[C@@H]1O[C@H](COC(C)=O)[C@H](OC(C)=O)[C@H](OC(C)=O)[C@@H]1OC(C)=O. The summed E-state index contributed by atoms with van der Waals surface area (Å²) in [5, 5.41) is 0. The molecule has 1 aromatic carbocycles. The van der Waals surface area contributed by atoms with Crippen LogP contribution in [0.15, 0.2) is 35.2 Å². The van der Waals surface area contributed by atoms with Crippen LogP contribution in [0.1, 0.15) is 48.5 Å². The highest BCUT2D eigenvalue weighted by molar-refractivity contribution is 7.99. The van der Waals surface area contributed by atoms with Crippen molar-refractivity contribution < 1.29 is 80.9 Å². The van der Waals surface area contributed by atoms with Crippen molar-refractivity contribution in [1.82, 2.24) is 0 Å². The smallest absolute Gasteiger partial charge is 0.303 e. The van der Waals surface area contributed by atoms with Crippen LogP contribution in [0.3, 0.4) is 0 Å². The lowest BCUT2D eigenvalue weighted by atomic mass is 9.96. The topological polar surface area (TPSA) is 212 Å². The maximum Gasteiger partial charge on any atom is 0.303 e. The molecule has 0 amide bonds. The van der Waals surface area contributed by atoms with E-state index in [-0.39, 0.29) is 0 Å². The second kappa shape index (κ2) is 18.7. The number of ether oxygens (including phenoxy) is 10. The van der Waals surface area contributed by atoms with Gasteiger partial charge in [-0.1, -0.05) is 30.0 Å². The van der Waals surface area contributed by atoms with Crippen LogP contribution in [0, 0.1) is 0 Å². The van der Waals surface area contributed by atoms with Crippen LogP contribution in [0.4, 0.5) is 0 Å². The molecule has 0 bridgehead atoms. The first-order valence-electron chi connectivity index (χ1n) is 15.4. The van der Waals surface area contributed by atoms with Gasteiger partial charge in [-0.2, -0.15) is 0 Å². The molecule has 2 saturated heterocycles. The minimum absolute atomic E-state index is 0.471. The van der Waals surface area contributed by atoms with Crippen molar-refractivity contribution in [1.29, 1.82) is 0 Å². The van der Waals surface area contributed by atoms with E-state index in [4.69, 9.17) is 47.4 Å². The van der Waals surface area contributed by atoms with Crippen LogP contribution >= 0.6 is 11.8 Å². The molecule has 2 aliphatic rings. The Kier molecular flexibility index (Phi) is 15.0. The first-order valence-corrected chi connectivity index (χ1v) is 16.2. The summed E-state index contributed by atoms with van der Waals surface area (Å²) >= 11 is 1.12. The fourth-order valence-corrected chi connectivity index (χ4v) is 6.33. The van der Waals surface area contributed by atoms with E-state index in [1.165, 1.54) is 0 Å². The van der Waals surface area contributed by atoms with E-state index in [9.17, 15) is 33.6 Å². The van der Waals surface area contributed by atoms with Gasteiger partial charge in [0.05, 0.1) is 0 Å². The van der Waals surface area contributed by atoms with Crippen molar-refractivity contribution in [3.63, 3.8) is 0 Å². The summed E-state index contributed by atoms with van der Waals surface area (Å²) in [4.78, 5) is 86.2. The zero-order valence-corrected chi connectivity index (χ0v) is 29.2. The van der Waals surface area contributed by atoms with E-state index in [1.807, 2.05) is 0 Å².